The van der Waals surface area contributed by atoms with Crippen LogP contribution >= 0.6 is 0 Å². The summed E-state index contributed by atoms with van der Waals surface area (Å²) in [4.78, 5) is 2.10. The lowest BCUT2D eigenvalue weighted by molar-refractivity contribution is -0.0394. The van der Waals surface area contributed by atoms with E-state index in [1.165, 1.54) is 0 Å². The van der Waals surface area contributed by atoms with Crippen molar-refractivity contribution in [2.75, 3.05) is 13.1 Å². The molecule has 3 atom stereocenters. The highest BCUT2D eigenvalue weighted by Crippen LogP contribution is 2.28. The number of rotatable bonds is 3. The molecule has 0 amide bonds. The van der Waals surface area contributed by atoms with Gasteiger partial charge in [0.25, 0.3) is 0 Å². The first kappa shape index (κ1) is 11.9. The monoisotopic (exact) mass is 203 g/mol. The van der Waals surface area contributed by atoms with Crippen molar-refractivity contribution in [1.82, 2.24) is 4.90 Å². The summed E-state index contributed by atoms with van der Waals surface area (Å²) >= 11 is 0. The van der Waals surface area contributed by atoms with Gasteiger partial charge in [-0.3, -0.25) is 4.90 Å². The van der Waals surface area contributed by atoms with Crippen LogP contribution in [0.2, 0.25) is 0 Å². The van der Waals surface area contributed by atoms with E-state index in [1.54, 1.807) is 6.92 Å². The van der Waals surface area contributed by atoms with Gasteiger partial charge >= 0.3 is 0 Å². The van der Waals surface area contributed by atoms with E-state index in [9.17, 15) is 9.50 Å². The molecule has 1 aliphatic heterocycles. The molecule has 3 heteroatoms. The Morgan fingerprint density at radius 2 is 2.29 bits per heavy atom. The second-order valence-electron chi connectivity index (χ2n) is 4.57. The highest BCUT2D eigenvalue weighted by atomic mass is 19.1. The summed E-state index contributed by atoms with van der Waals surface area (Å²) in [6, 6.07) is 0. The molecular formula is C11H22FNO. The van der Waals surface area contributed by atoms with Crippen LogP contribution in [0, 0.1) is 0 Å². The quantitative estimate of drug-likeness (QED) is 0.758. The molecule has 1 fully saturated rings. The highest BCUT2D eigenvalue weighted by molar-refractivity contribution is 4.92. The molecule has 0 aromatic rings. The van der Waals surface area contributed by atoms with Gasteiger partial charge in [-0.2, -0.15) is 0 Å². The average molecular weight is 203 g/mol. The Morgan fingerprint density at radius 1 is 1.64 bits per heavy atom. The zero-order valence-corrected chi connectivity index (χ0v) is 9.46. The summed E-state index contributed by atoms with van der Waals surface area (Å²) in [5, 5.41) is 9.75. The van der Waals surface area contributed by atoms with Gasteiger partial charge in [0.2, 0.25) is 0 Å². The van der Waals surface area contributed by atoms with E-state index in [1.807, 2.05) is 6.92 Å². The minimum Gasteiger partial charge on any atom is -0.391 e. The Balaban J connectivity index is 2.68. The molecule has 84 valence electrons. The van der Waals surface area contributed by atoms with E-state index in [4.69, 9.17) is 0 Å². The minimum absolute atomic E-state index is 0.259. The smallest absolute Gasteiger partial charge is 0.113 e. The van der Waals surface area contributed by atoms with Crippen LogP contribution < -0.4 is 0 Å². The van der Waals surface area contributed by atoms with Crippen LogP contribution in [0.25, 0.3) is 0 Å². The Morgan fingerprint density at radius 3 is 2.71 bits per heavy atom. The second-order valence-corrected chi connectivity index (χ2v) is 4.57. The summed E-state index contributed by atoms with van der Waals surface area (Å²) in [5.41, 5.74) is -0.259. The lowest BCUT2D eigenvalue weighted by Gasteiger charge is -2.45. The maximum atomic E-state index is 13.2. The molecule has 1 rings (SSSR count). The fraction of sp³-hybridized carbons (Fsp3) is 1.00. The first-order valence-corrected chi connectivity index (χ1v) is 5.58. The second kappa shape index (κ2) is 4.58. The van der Waals surface area contributed by atoms with Crippen molar-refractivity contribution in [2.45, 2.75) is 57.8 Å². The van der Waals surface area contributed by atoms with E-state index < -0.39 is 12.3 Å². The minimum atomic E-state index is -0.714. The van der Waals surface area contributed by atoms with Crippen molar-refractivity contribution in [3.63, 3.8) is 0 Å². The topological polar surface area (TPSA) is 23.5 Å². The summed E-state index contributed by atoms with van der Waals surface area (Å²) in [7, 11) is 0. The molecule has 0 aromatic heterocycles. The number of alkyl halides is 1. The van der Waals surface area contributed by atoms with Gasteiger partial charge in [-0.25, -0.2) is 4.39 Å². The van der Waals surface area contributed by atoms with Crippen molar-refractivity contribution < 1.29 is 9.50 Å². The van der Waals surface area contributed by atoms with Crippen molar-refractivity contribution in [3.05, 3.63) is 0 Å². The Labute approximate surface area is 86.1 Å². The maximum absolute atomic E-state index is 13.2. The molecule has 0 aromatic carbocycles. The SMILES string of the molecule is CCC(C)(C(C)O)N1CCCC(F)C1. The predicted octanol–water partition coefficient (Wildman–Crippen LogP) is 1.97. The van der Waals surface area contributed by atoms with E-state index >= 15 is 0 Å². The fourth-order valence-electron chi connectivity index (χ4n) is 2.17. The number of hydrogen-bond donors (Lipinski definition) is 1. The third-order valence-electron chi connectivity index (χ3n) is 3.70. The van der Waals surface area contributed by atoms with Gasteiger partial charge in [-0.05, 0) is 39.7 Å². The first-order valence-electron chi connectivity index (χ1n) is 5.58. The van der Waals surface area contributed by atoms with Gasteiger partial charge in [0, 0.05) is 12.1 Å². The van der Waals surface area contributed by atoms with Gasteiger partial charge in [0.05, 0.1) is 6.10 Å². The van der Waals surface area contributed by atoms with Crippen LogP contribution in [-0.2, 0) is 0 Å². The summed E-state index contributed by atoms with van der Waals surface area (Å²) in [6.45, 7) is 7.26. The van der Waals surface area contributed by atoms with Crippen molar-refractivity contribution in [2.24, 2.45) is 0 Å². The Bertz CT molecular complexity index is 186. The number of aliphatic hydroxyl groups is 1. The van der Waals surface area contributed by atoms with Gasteiger partial charge in [0.1, 0.15) is 6.17 Å². The molecule has 1 N–H and O–H groups in total. The Kier molecular flexibility index (Phi) is 3.90. The molecule has 0 spiro atoms. The van der Waals surface area contributed by atoms with Crippen LogP contribution in [-0.4, -0.2) is 40.9 Å². The van der Waals surface area contributed by atoms with Gasteiger partial charge in [-0.15, -0.1) is 0 Å². The van der Waals surface area contributed by atoms with E-state index in [0.717, 1.165) is 19.4 Å². The number of halogens is 1. The average Bonchev–Trinajstić information content (AvgIpc) is 2.16. The lowest BCUT2D eigenvalue weighted by atomic mass is 9.88. The van der Waals surface area contributed by atoms with Crippen LogP contribution in [0.5, 0.6) is 0 Å². The molecule has 1 heterocycles. The molecule has 0 saturated carbocycles. The number of piperidine rings is 1. The molecule has 0 bridgehead atoms. The summed E-state index contributed by atoms with van der Waals surface area (Å²) in [5.74, 6) is 0. The fourth-order valence-corrected chi connectivity index (χ4v) is 2.17. The van der Waals surface area contributed by atoms with Crippen molar-refractivity contribution in [3.8, 4) is 0 Å². The zero-order valence-electron chi connectivity index (χ0n) is 9.46. The van der Waals surface area contributed by atoms with E-state index in [0.29, 0.717) is 13.0 Å². The number of likely N-dealkylation sites (tertiary alicyclic amines) is 1. The van der Waals surface area contributed by atoms with E-state index in [2.05, 4.69) is 11.8 Å². The summed E-state index contributed by atoms with van der Waals surface area (Å²) in [6.07, 6.45) is 1.32. The first-order chi connectivity index (χ1) is 6.50. The predicted molar refractivity (Wildman–Crippen MR) is 56.1 cm³/mol. The molecule has 1 saturated heterocycles. The van der Waals surface area contributed by atoms with Crippen molar-refractivity contribution in [1.29, 1.82) is 0 Å². The number of hydrogen-bond acceptors (Lipinski definition) is 2. The third-order valence-corrected chi connectivity index (χ3v) is 3.70. The molecule has 0 radical (unpaired) electrons. The zero-order chi connectivity index (χ0) is 10.8. The molecular weight excluding hydrogens is 181 g/mol. The third kappa shape index (κ3) is 2.26. The van der Waals surface area contributed by atoms with Crippen LogP contribution in [0.15, 0.2) is 0 Å². The normalized spacial score (nSPS) is 31.1. The molecule has 1 aliphatic rings. The molecule has 0 aliphatic carbocycles. The van der Waals surface area contributed by atoms with Gasteiger partial charge in [0.15, 0.2) is 0 Å². The number of nitrogens with zero attached hydrogens (tertiary/aromatic N) is 1. The van der Waals surface area contributed by atoms with Crippen molar-refractivity contribution >= 4 is 0 Å². The van der Waals surface area contributed by atoms with Crippen LogP contribution in [0.4, 0.5) is 4.39 Å². The maximum Gasteiger partial charge on any atom is 0.113 e. The molecule has 14 heavy (non-hydrogen) atoms. The van der Waals surface area contributed by atoms with Crippen LogP contribution in [0.3, 0.4) is 0 Å². The number of aliphatic hydroxyl groups excluding tert-OH is 1. The highest BCUT2D eigenvalue weighted by Gasteiger charge is 2.37. The van der Waals surface area contributed by atoms with Gasteiger partial charge in [-0.1, -0.05) is 6.92 Å². The lowest BCUT2D eigenvalue weighted by Crippen LogP contribution is -2.56. The van der Waals surface area contributed by atoms with Crippen LogP contribution in [0.1, 0.15) is 40.0 Å². The summed E-state index contributed by atoms with van der Waals surface area (Å²) < 4.78 is 13.2. The Hall–Kier alpha value is -0.150. The molecule has 2 nitrogen and oxygen atoms in total. The van der Waals surface area contributed by atoms with E-state index in [-0.39, 0.29) is 5.54 Å². The largest absolute Gasteiger partial charge is 0.391 e. The molecule has 3 unspecified atom stereocenters. The standard InChI is InChI=1S/C11H22FNO/c1-4-11(3,9(2)14)13-7-5-6-10(12)8-13/h9-10,14H,4-8H2,1-3H3. The van der Waals surface area contributed by atoms with Gasteiger partial charge < -0.3 is 5.11 Å².